The summed E-state index contributed by atoms with van der Waals surface area (Å²) in [6.07, 6.45) is 2.94. The minimum atomic E-state index is -0.766. The van der Waals surface area contributed by atoms with Gasteiger partial charge in [-0.15, -0.1) is 0 Å². The van der Waals surface area contributed by atoms with E-state index >= 15 is 0 Å². The Kier molecular flexibility index (Phi) is 12.5. The van der Waals surface area contributed by atoms with Crippen molar-refractivity contribution in [2.24, 2.45) is 0 Å². The van der Waals surface area contributed by atoms with Gasteiger partial charge >= 0.3 is 24.1 Å². The van der Waals surface area contributed by atoms with Crippen molar-refractivity contribution in [1.82, 2.24) is 10.6 Å². The van der Waals surface area contributed by atoms with Crippen molar-refractivity contribution >= 4 is 41.1 Å². The molecular weight excluding hydrogens is 594 g/mol. The third kappa shape index (κ3) is 10.7. The lowest BCUT2D eigenvalue weighted by atomic mass is 10.0. The number of benzene rings is 4. The number of anilines is 3. The predicted octanol–water partition coefficient (Wildman–Crippen LogP) is 7.02. The number of hydrogen-bond donors (Lipinski definition) is 4. The fraction of sp³-hybridized carbons (Fsp3) is 0.243. The van der Waals surface area contributed by atoms with E-state index in [9.17, 15) is 19.2 Å². The van der Waals surface area contributed by atoms with Gasteiger partial charge in [-0.1, -0.05) is 79.6 Å². The van der Waals surface area contributed by atoms with E-state index in [-0.39, 0.29) is 19.2 Å². The fourth-order valence-electron chi connectivity index (χ4n) is 4.66. The summed E-state index contributed by atoms with van der Waals surface area (Å²) in [5, 5.41) is 10.5. The van der Waals surface area contributed by atoms with Gasteiger partial charge in [-0.25, -0.2) is 19.3 Å². The Balaban J connectivity index is 1.45. The lowest BCUT2D eigenvalue weighted by Gasteiger charge is -2.22. The highest BCUT2D eigenvalue weighted by Gasteiger charge is 2.24. The molecule has 0 aliphatic heterocycles. The SMILES string of the molecule is CCCCOC(=O)CNC(=O)N(C(=O)Nc1ccc(Cc2ccc(C)cc2)cc1)c1ccc(Cc2ccc(NC(=O)NC)cc2)cc1. The maximum atomic E-state index is 13.5. The van der Waals surface area contributed by atoms with Crippen molar-refractivity contribution in [1.29, 1.82) is 0 Å². The minimum absolute atomic E-state index is 0.268. The Morgan fingerprint density at radius 2 is 1.15 bits per heavy atom. The molecule has 0 saturated carbocycles. The van der Waals surface area contributed by atoms with E-state index < -0.39 is 18.0 Å². The molecule has 0 heterocycles. The first-order valence-electron chi connectivity index (χ1n) is 15.6. The van der Waals surface area contributed by atoms with Gasteiger partial charge < -0.3 is 26.0 Å². The molecule has 0 aliphatic carbocycles. The summed E-state index contributed by atoms with van der Waals surface area (Å²) in [5.41, 5.74) is 6.94. The smallest absolute Gasteiger partial charge is 0.334 e. The number of hydrogen-bond acceptors (Lipinski definition) is 5. The Bertz CT molecular complexity index is 1640. The molecule has 4 rings (SSSR count). The average Bonchev–Trinajstić information content (AvgIpc) is 3.07. The van der Waals surface area contributed by atoms with Crippen LogP contribution in [0.2, 0.25) is 0 Å². The first-order valence-corrected chi connectivity index (χ1v) is 15.6. The van der Waals surface area contributed by atoms with Crippen molar-refractivity contribution in [3.05, 3.63) is 125 Å². The Hall–Kier alpha value is -5.64. The molecule has 0 unspecified atom stereocenters. The quantitative estimate of drug-likeness (QED) is 0.0983. The Labute approximate surface area is 275 Å². The van der Waals surface area contributed by atoms with E-state index in [0.29, 0.717) is 23.5 Å². The summed E-state index contributed by atoms with van der Waals surface area (Å²) < 4.78 is 5.14. The molecule has 47 heavy (non-hydrogen) atoms. The summed E-state index contributed by atoms with van der Waals surface area (Å²) in [7, 11) is 1.55. The van der Waals surface area contributed by atoms with Gasteiger partial charge in [-0.3, -0.25) is 4.79 Å². The number of aryl methyl sites for hydroxylation is 1. The van der Waals surface area contributed by atoms with Gasteiger partial charge in [0.25, 0.3) is 0 Å². The standard InChI is InChI=1S/C37H41N5O5/c1-4-5-22-47-34(43)25-39-36(45)42(37(46)41-32-18-12-29(13-19-32)23-27-8-6-26(2)7-9-27)33-20-14-30(15-21-33)24-28-10-16-31(17-11-28)40-35(44)38-3/h6-21H,4-5,22-25H2,1-3H3,(H,39,45)(H,41,46)(H2,38,40,44). The molecule has 0 atom stereocenters. The van der Waals surface area contributed by atoms with Crippen molar-refractivity contribution in [2.45, 2.75) is 39.5 Å². The van der Waals surface area contributed by atoms with Crippen LogP contribution >= 0.6 is 0 Å². The molecule has 4 aromatic rings. The summed E-state index contributed by atoms with van der Waals surface area (Å²) in [4.78, 5) is 51.5. The Morgan fingerprint density at radius 1 is 0.660 bits per heavy atom. The molecule has 4 aromatic carbocycles. The largest absolute Gasteiger partial charge is 0.464 e. The minimum Gasteiger partial charge on any atom is -0.464 e. The van der Waals surface area contributed by atoms with Crippen LogP contribution in [0.4, 0.5) is 31.4 Å². The number of urea groups is 3. The number of rotatable bonds is 12. The van der Waals surface area contributed by atoms with Crippen molar-refractivity contribution in [3.63, 3.8) is 0 Å². The van der Waals surface area contributed by atoms with Crippen LogP contribution in [0.5, 0.6) is 0 Å². The number of carbonyl (C=O) groups excluding carboxylic acids is 4. The zero-order valence-corrected chi connectivity index (χ0v) is 27.0. The molecule has 0 fully saturated rings. The van der Waals surface area contributed by atoms with Crippen molar-refractivity contribution < 1.29 is 23.9 Å². The maximum Gasteiger partial charge on any atom is 0.334 e. The van der Waals surface area contributed by atoms with Crippen LogP contribution in [0.1, 0.15) is 47.6 Å². The molecule has 4 N–H and O–H groups in total. The lowest BCUT2D eigenvalue weighted by molar-refractivity contribution is -0.142. The number of ether oxygens (including phenoxy) is 1. The third-order valence-corrected chi connectivity index (χ3v) is 7.33. The highest BCUT2D eigenvalue weighted by molar-refractivity contribution is 6.18. The van der Waals surface area contributed by atoms with Gasteiger partial charge in [0.15, 0.2) is 0 Å². The first kappa shape index (κ1) is 34.2. The van der Waals surface area contributed by atoms with Crippen LogP contribution in [0.25, 0.3) is 0 Å². The molecule has 0 radical (unpaired) electrons. The topological polar surface area (TPSA) is 129 Å². The van der Waals surface area contributed by atoms with E-state index in [4.69, 9.17) is 4.74 Å². The molecule has 244 valence electrons. The monoisotopic (exact) mass is 635 g/mol. The summed E-state index contributed by atoms with van der Waals surface area (Å²) in [5.74, 6) is -0.580. The second-order valence-electron chi connectivity index (χ2n) is 11.1. The fourth-order valence-corrected chi connectivity index (χ4v) is 4.66. The number of unbranched alkanes of at least 4 members (excludes halogenated alkanes) is 1. The van der Waals surface area contributed by atoms with Crippen LogP contribution in [-0.4, -0.2) is 44.3 Å². The zero-order valence-electron chi connectivity index (χ0n) is 27.0. The van der Waals surface area contributed by atoms with Crippen LogP contribution in [-0.2, 0) is 22.4 Å². The molecule has 6 amide bonds. The molecule has 10 heteroatoms. The number of nitrogens with one attached hydrogen (secondary N) is 4. The molecular formula is C37H41N5O5. The first-order chi connectivity index (χ1) is 22.7. The lowest BCUT2D eigenvalue weighted by Crippen LogP contribution is -2.47. The molecule has 0 aliphatic rings. The maximum absolute atomic E-state index is 13.5. The summed E-state index contributed by atoms with van der Waals surface area (Å²) >= 11 is 0. The van der Waals surface area contributed by atoms with E-state index in [1.54, 1.807) is 31.3 Å². The van der Waals surface area contributed by atoms with Gasteiger partial charge in [0.2, 0.25) is 0 Å². The van der Waals surface area contributed by atoms with Gasteiger partial charge in [-0.05, 0) is 84.8 Å². The van der Waals surface area contributed by atoms with Crippen LogP contribution < -0.4 is 26.2 Å². The molecule has 0 aromatic heterocycles. The van der Waals surface area contributed by atoms with Crippen LogP contribution in [0, 0.1) is 6.92 Å². The van der Waals surface area contributed by atoms with E-state index in [1.165, 1.54) is 11.1 Å². The second-order valence-corrected chi connectivity index (χ2v) is 11.1. The second kappa shape index (κ2) is 17.2. The Morgan fingerprint density at radius 3 is 1.66 bits per heavy atom. The van der Waals surface area contributed by atoms with E-state index in [1.807, 2.05) is 55.5 Å². The summed E-state index contributed by atoms with van der Waals surface area (Å²) in [6, 6.07) is 28.5. The highest BCUT2D eigenvalue weighted by Crippen LogP contribution is 2.21. The predicted molar refractivity (Wildman–Crippen MR) is 185 cm³/mol. The van der Waals surface area contributed by atoms with Gasteiger partial charge in [0.1, 0.15) is 6.54 Å². The molecule has 0 saturated heterocycles. The number of amides is 6. The third-order valence-electron chi connectivity index (χ3n) is 7.33. The zero-order chi connectivity index (χ0) is 33.6. The molecule has 10 nitrogen and oxygen atoms in total. The number of imide groups is 1. The van der Waals surface area contributed by atoms with E-state index in [0.717, 1.165) is 40.9 Å². The average molecular weight is 636 g/mol. The highest BCUT2D eigenvalue weighted by atomic mass is 16.5. The number of carbonyl (C=O) groups is 4. The van der Waals surface area contributed by atoms with Gasteiger partial charge in [0.05, 0.1) is 12.3 Å². The van der Waals surface area contributed by atoms with Crippen LogP contribution in [0.3, 0.4) is 0 Å². The normalized spacial score (nSPS) is 10.4. The number of nitrogens with zero attached hydrogens (tertiary/aromatic N) is 1. The van der Waals surface area contributed by atoms with Gasteiger partial charge in [-0.2, -0.15) is 0 Å². The van der Waals surface area contributed by atoms with Crippen molar-refractivity contribution in [2.75, 3.05) is 35.7 Å². The molecule has 0 spiro atoms. The van der Waals surface area contributed by atoms with E-state index in [2.05, 4.69) is 52.5 Å². The summed E-state index contributed by atoms with van der Waals surface area (Å²) in [6.45, 7) is 3.93. The van der Waals surface area contributed by atoms with Gasteiger partial charge in [0, 0.05) is 18.4 Å². The molecule has 0 bridgehead atoms. The van der Waals surface area contributed by atoms with Crippen LogP contribution in [0.15, 0.2) is 97.1 Å². The number of esters is 1. The van der Waals surface area contributed by atoms with Crippen molar-refractivity contribution in [3.8, 4) is 0 Å².